The first-order valence-corrected chi connectivity index (χ1v) is 8.65. The highest BCUT2D eigenvalue weighted by Crippen LogP contribution is 2.27. The molecule has 114 valence electrons. The van der Waals surface area contributed by atoms with E-state index < -0.39 is 10.0 Å². The van der Waals surface area contributed by atoms with Gasteiger partial charge in [0.25, 0.3) is 10.0 Å². The number of aromatic nitrogens is 3. The van der Waals surface area contributed by atoms with Crippen molar-refractivity contribution in [1.29, 1.82) is 0 Å². The van der Waals surface area contributed by atoms with E-state index in [1.807, 2.05) is 6.92 Å². The lowest BCUT2D eigenvalue weighted by molar-refractivity contribution is 0.595. The number of sulfonamides is 1. The molecule has 2 aromatic rings. The van der Waals surface area contributed by atoms with Crippen LogP contribution in [0.3, 0.4) is 0 Å². The minimum absolute atomic E-state index is 0.0429. The summed E-state index contributed by atoms with van der Waals surface area (Å²) in [5.41, 5.74) is 5.83. The fourth-order valence-electron chi connectivity index (χ4n) is 1.66. The zero-order valence-corrected chi connectivity index (χ0v) is 14.2. The third-order valence-electron chi connectivity index (χ3n) is 2.55. The summed E-state index contributed by atoms with van der Waals surface area (Å²) >= 11 is 9.08. The van der Waals surface area contributed by atoms with E-state index in [9.17, 15) is 8.42 Å². The molecule has 0 unspecified atom stereocenters. The zero-order valence-electron chi connectivity index (χ0n) is 11.0. The second-order valence-corrected chi connectivity index (χ2v) is 7.16. The molecule has 0 aromatic carbocycles. The van der Waals surface area contributed by atoms with Crippen LogP contribution in [0.5, 0.6) is 0 Å². The predicted molar refractivity (Wildman–Crippen MR) is 84.7 cm³/mol. The monoisotopic (exact) mass is 393 g/mol. The number of anilines is 2. The van der Waals surface area contributed by atoms with E-state index in [1.54, 1.807) is 0 Å². The van der Waals surface area contributed by atoms with Gasteiger partial charge in [0.05, 0.1) is 5.69 Å². The Balaban J connectivity index is 2.36. The lowest BCUT2D eigenvalue weighted by Gasteiger charge is -2.08. The first-order valence-electron chi connectivity index (χ1n) is 6.00. The van der Waals surface area contributed by atoms with E-state index in [0.717, 1.165) is 6.42 Å². The van der Waals surface area contributed by atoms with Gasteiger partial charge in [0, 0.05) is 23.4 Å². The van der Waals surface area contributed by atoms with Crippen molar-refractivity contribution in [3.05, 3.63) is 28.1 Å². The minimum atomic E-state index is -3.88. The molecule has 7 nitrogen and oxygen atoms in total. The van der Waals surface area contributed by atoms with Crippen molar-refractivity contribution in [2.75, 3.05) is 10.5 Å². The van der Waals surface area contributed by atoms with Crippen LogP contribution in [-0.4, -0.2) is 23.2 Å². The predicted octanol–water partition coefficient (Wildman–Crippen LogP) is 2.49. The number of pyridine rings is 1. The van der Waals surface area contributed by atoms with Crippen LogP contribution >= 0.6 is 27.5 Å². The highest BCUT2D eigenvalue weighted by molar-refractivity contribution is 9.10. The van der Waals surface area contributed by atoms with E-state index in [1.165, 1.54) is 23.1 Å². The Morgan fingerprint density at radius 1 is 1.52 bits per heavy atom. The summed E-state index contributed by atoms with van der Waals surface area (Å²) in [5.74, 6) is -0.0602. The summed E-state index contributed by atoms with van der Waals surface area (Å²) in [4.78, 5) is 3.76. The van der Waals surface area contributed by atoms with E-state index in [-0.39, 0.29) is 21.6 Å². The molecule has 0 atom stereocenters. The van der Waals surface area contributed by atoms with Crippen molar-refractivity contribution in [3.8, 4) is 0 Å². The number of nitrogen functional groups attached to an aromatic ring is 1. The van der Waals surface area contributed by atoms with Crippen molar-refractivity contribution >= 4 is 49.1 Å². The van der Waals surface area contributed by atoms with Crippen LogP contribution in [0, 0.1) is 0 Å². The van der Waals surface area contributed by atoms with Gasteiger partial charge >= 0.3 is 0 Å². The molecule has 21 heavy (non-hydrogen) atoms. The van der Waals surface area contributed by atoms with E-state index in [2.05, 4.69) is 30.7 Å². The van der Waals surface area contributed by atoms with E-state index in [0.29, 0.717) is 11.0 Å². The van der Waals surface area contributed by atoms with Gasteiger partial charge in [-0.25, -0.2) is 13.4 Å². The summed E-state index contributed by atoms with van der Waals surface area (Å²) in [6, 6.07) is 1.51. The Labute approximate surface area is 135 Å². The topological polar surface area (TPSA) is 103 Å². The fraction of sp³-hybridized carbons (Fsp3) is 0.273. The molecular formula is C11H13BrClN5O2S. The number of nitrogens with two attached hydrogens (primary N) is 1. The minimum Gasteiger partial charge on any atom is -0.381 e. The molecule has 0 amide bonds. The molecule has 0 spiro atoms. The van der Waals surface area contributed by atoms with E-state index in [4.69, 9.17) is 17.3 Å². The average Bonchev–Trinajstić information content (AvgIpc) is 2.76. The number of hydrogen-bond donors (Lipinski definition) is 2. The van der Waals surface area contributed by atoms with Gasteiger partial charge in [0.2, 0.25) is 0 Å². The summed E-state index contributed by atoms with van der Waals surface area (Å²) in [6.45, 7) is 2.54. The molecule has 2 rings (SSSR count). The molecule has 0 radical (unpaired) electrons. The normalized spacial score (nSPS) is 11.6. The Bertz CT molecular complexity index is 762. The van der Waals surface area contributed by atoms with Gasteiger partial charge in [-0.3, -0.25) is 9.40 Å². The second kappa shape index (κ2) is 6.20. The van der Waals surface area contributed by atoms with Gasteiger partial charge in [-0.05, 0) is 28.4 Å². The highest BCUT2D eigenvalue weighted by Gasteiger charge is 2.22. The number of hydrogen-bond acceptors (Lipinski definition) is 5. The van der Waals surface area contributed by atoms with Gasteiger partial charge in [-0.1, -0.05) is 18.5 Å². The maximum absolute atomic E-state index is 12.4. The van der Waals surface area contributed by atoms with Gasteiger partial charge in [0.1, 0.15) is 4.90 Å². The fourth-order valence-corrected chi connectivity index (χ4v) is 3.33. The van der Waals surface area contributed by atoms with Gasteiger partial charge in [0.15, 0.2) is 11.0 Å². The van der Waals surface area contributed by atoms with E-state index >= 15 is 0 Å². The highest BCUT2D eigenvalue weighted by atomic mass is 79.9. The van der Waals surface area contributed by atoms with Gasteiger partial charge in [-0.15, -0.1) is 0 Å². The Kier molecular flexibility index (Phi) is 4.74. The van der Waals surface area contributed by atoms with Crippen molar-refractivity contribution in [2.24, 2.45) is 0 Å². The van der Waals surface area contributed by atoms with Gasteiger partial charge in [-0.2, -0.15) is 5.10 Å². The van der Waals surface area contributed by atoms with Crippen LogP contribution in [0.4, 0.5) is 11.5 Å². The molecule has 2 aromatic heterocycles. The lowest BCUT2D eigenvalue weighted by Crippen LogP contribution is -2.14. The third-order valence-corrected chi connectivity index (χ3v) is 4.66. The molecule has 0 bridgehead atoms. The molecule has 0 fully saturated rings. The molecule has 0 saturated heterocycles. The van der Waals surface area contributed by atoms with Crippen LogP contribution in [0.2, 0.25) is 5.15 Å². The molecule has 0 saturated carbocycles. The number of aryl methyl sites for hydroxylation is 1. The standard InChI is InChI=1S/C11H13BrClN5O2S/c1-2-3-18-6-9(11(14)16-18)21(19,20)17-8-4-7(12)5-15-10(8)13/h4-6,17H,2-3H2,1H3,(H2,14,16). The summed E-state index contributed by atoms with van der Waals surface area (Å²) in [5, 5.41) is 4.01. The van der Waals surface area contributed by atoms with Crippen LogP contribution in [0.1, 0.15) is 13.3 Å². The van der Waals surface area contributed by atoms with Crippen molar-refractivity contribution in [3.63, 3.8) is 0 Å². The quantitative estimate of drug-likeness (QED) is 0.758. The largest absolute Gasteiger partial charge is 0.381 e. The average molecular weight is 395 g/mol. The summed E-state index contributed by atoms with van der Waals surface area (Å²) in [7, 11) is -3.88. The summed E-state index contributed by atoms with van der Waals surface area (Å²) in [6.07, 6.45) is 3.67. The molecule has 2 heterocycles. The lowest BCUT2D eigenvalue weighted by atomic mass is 10.4. The number of nitrogens with one attached hydrogen (secondary N) is 1. The molecular weight excluding hydrogens is 382 g/mol. The first kappa shape index (κ1) is 16.1. The van der Waals surface area contributed by atoms with Gasteiger partial charge < -0.3 is 5.73 Å². The second-order valence-electron chi connectivity index (χ2n) is 4.24. The van der Waals surface area contributed by atoms with Crippen LogP contribution in [0.25, 0.3) is 0 Å². The van der Waals surface area contributed by atoms with Crippen molar-refractivity contribution < 1.29 is 8.42 Å². The third kappa shape index (κ3) is 3.66. The maximum Gasteiger partial charge on any atom is 0.267 e. The number of rotatable bonds is 5. The molecule has 0 aliphatic rings. The zero-order chi connectivity index (χ0) is 15.6. The first-order chi connectivity index (χ1) is 9.83. The van der Waals surface area contributed by atoms with Crippen molar-refractivity contribution in [1.82, 2.24) is 14.8 Å². The van der Waals surface area contributed by atoms with Crippen LogP contribution in [0.15, 0.2) is 27.8 Å². The number of halogens is 2. The molecule has 3 N–H and O–H groups in total. The molecule has 0 aliphatic carbocycles. The smallest absolute Gasteiger partial charge is 0.267 e. The summed E-state index contributed by atoms with van der Waals surface area (Å²) < 4.78 is 29.2. The van der Waals surface area contributed by atoms with Crippen LogP contribution < -0.4 is 10.5 Å². The van der Waals surface area contributed by atoms with Crippen LogP contribution in [-0.2, 0) is 16.6 Å². The molecule has 10 heteroatoms. The Hall–Kier alpha value is -1.32. The maximum atomic E-state index is 12.4. The van der Waals surface area contributed by atoms with Crippen molar-refractivity contribution in [2.45, 2.75) is 24.8 Å². The Morgan fingerprint density at radius 3 is 2.90 bits per heavy atom. The number of nitrogens with zero attached hydrogens (tertiary/aromatic N) is 3. The Morgan fingerprint density at radius 2 is 2.24 bits per heavy atom. The molecule has 0 aliphatic heterocycles. The SMILES string of the molecule is CCCn1cc(S(=O)(=O)Nc2cc(Br)cnc2Cl)c(N)n1.